The van der Waals surface area contributed by atoms with E-state index in [2.05, 4.69) is 15.9 Å². The molecule has 1 aromatic heterocycles. The lowest BCUT2D eigenvalue weighted by Crippen LogP contribution is -1.79. The molecular weight excluding hydrogens is 267 g/mol. The van der Waals surface area contributed by atoms with Crippen molar-refractivity contribution < 1.29 is 9.18 Å². The van der Waals surface area contributed by atoms with Crippen LogP contribution < -0.4 is 0 Å². The number of hydrogen-bond donors (Lipinski definition) is 0. The first kappa shape index (κ1) is 9.80. The zero-order chi connectivity index (χ0) is 10.1. The van der Waals surface area contributed by atoms with Crippen LogP contribution in [0.2, 0.25) is 0 Å². The summed E-state index contributed by atoms with van der Waals surface area (Å²) in [6.07, 6.45) is 0.760. The fourth-order valence-corrected chi connectivity index (χ4v) is 2.93. The Morgan fingerprint density at radius 2 is 2.29 bits per heavy atom. The predicted octanol–water partition coefficient (Wildman–Crippen LogP) is 3.75. The van der Waals surface area contributed by atoms with Crippen molar-refractivity contribution in [3.63, 3.8) is 0 Å². The lowest BCUT2D eigenvalue weighted by atomic mass is 10.2. The maximum absolute atomic E-state index is 13.6. The van der Waals surface area contributed by atoms with Crippen molar-refractivity contribution in [2.45, 2.75) is 5.33 Å². The van der Waals surface area contributed by atoms with E-state index in [0.717, 1.165) is 11.0 Å². The van der Waals surface area contributed by atoms with Crippen molar-refractivity contribution in [2.24, 2.45) is 0 Å². The molecule has 0 bridgehead atoms. The third-order valence-electron chi connectivity index (χ3n) is 2.00. The average Bonchev–Trinajstić information content (AvgIpc) is 2.55. The molecule has 0 unspecified atom stereocenters. The van der Waals surface area contributed by atoms with Crippen LogP contribution in [0.3, 0.4) is 0 Å². The molecule has 0 saturated carbocycles. The average molecular weight is 273 g/mol. The fraction of sp³-hybridized carbons (Fsp3) is 0.100. The largest absolute Gasteiger partial charge is 0.298 e. The van der Waals surface area contributed by atoms with Gasteiger partial charge in [-0.05, 0) is 0 Å². The number of thiophene rings is 1. The standard InChI is InChI=1S/C10H6BrFOS/c11-4-8-9(12)7-3-1-2-6(5-13)10(7)14-8/h1-3,5H,4H2. The van der Waals surface area contributed by atoms with Gasteiger partial charge in [-0.1, -0.05) is 34.1 Å². The molecule has 0 N–H and O–H groups in total. The van der Waals surface area contributed by atoms with Crippen molar-refractivity contribution in [3.05, 3.63) is 34.5 Å². The molecule has 1 aromatic carbocycles. The Labute approximate surface area is 92.7 Å². The minimum atomic E-state index is -0.217. The lowest BCUT2D eigenvalue weighted by molar-refractivity contribution is 0.112. The molecule has 0 atom stereocenters. The molecule has 2 rings (SSSR count). The zero-order valence-corrected chi connectivity index (χ0v) is 9.49. The van der Waals surface area contributed by atoms with E-state index in [9.17, 15) is 9.18 Å². The van der Waals surface area contributed by atoms with Gasteiger partial charge < -0.3 is 0 Å². The molecule has 0 aliphatic carbocycles. The highest BCUT2D eigenvalue weighted by molar-refractivity contribution is 9.08. The highest BCUT2D eigenvalue weighted by Gasteiger charge is 2.12. The van der Waals surface area contributed by atoms with Gasteiger partial charge >= 0.3 is 0 Å². The molecule has 1 heterocycles. The normalized spacial score (nSPS) is 10.7. The molecule has 0 amide bonds. The number of carbonyl (C=O) groups is 1. The fourth-order valence-electron chi connectivity index (χ4n) is 1.34. The molecule has 14 heavy (non-hydrogen) atoms. The van der Waals surface area contributed by atoms with E-state index in [-0.39, 0.29) is 5.82 Å². The summed E-state index contributed by atoms with van der Waals surface area (Å²) in [6, 6.07) is 5.09. The summed E-state index contributed by atoms with van der Waals surface area (Å²) < 4.78 is 14.3. The molecule has 72 valence electrons. The van der Waals surface area contributed by atoms with Gasteiger partial charge in [-0.2, -0.15) is 0 Å². The van der Waals surface area contributed by atoms with E-state index in [1.807, 2.05) is 0 Å². The molecule has 0 radical (unpaired) electrons. The summed E-state index contributed by atoms with van der Waals surface area (Å²) >= 11 is 4.54. The third-order valence-corrected chi connectivity index (χ3v) is 4.16. The molecule has 1 nitrogen and oxygen atoms in total. The zero-order valence-electron chi connectivity index (χ0n) is 7.09. The second-order valence-corrected chi connectivity index (χ2v) is 4.48. The van der Waals surface area contributed by atoms with Crippen molar-refractivity contribution in [1.82, 2.24) is 0 Å². The minimum Gasteiger partial charge on any atom is -0.298 e. The van der Waals surface area contributed by atoms with Crippen LogP contribution in [-0.4, -0.2) is 6.29 Å². The van der Waals surface area contributed by atoms with Gasteiger partial charge in [0.15, 0.2) is 6.29 Å². The Balaban J connectivity index is 2.83. The topological polar surface area (TPSA) is 17.1 Å². The van der Waals surface area contributed by atoms with Crippen LogP contribution in [0.1, 0.15) is 15.2 Å². The van der Waals surface area contributed by atoms with E-state index in [4.69, 9.17) is 0 Å². The molecular formula is C10H6BrFOS. The van der Waals surface area contributed by atoms with E-state index in [1.165, 1.54) is 11.3 Å². The first-order valence-electron chi connectivity index (χ1n) is 3.99. The monoisotopic (exact) mass is 272 g/mol. The van der Waals surface area contributed by atoms with Gasteiger partial charge in [-0.25, -0.2) is 4.39 Å². The highest BCUT2D eigenvalue weighted by Crippen LogP contribution is 2.33. The Morgan fingerprint density at radius 1 is 1.50 bits per heavy atom. The quantitative estimate of drug-likeness (QED) is 0.601. The number of hydrogen-bond acceptors (Lipinski definition) is 2. The Kier molecular flexibility index (Phi) is 2.65. The van der Waals surface area contributed by atoms with Gasteiger partial charge in [0.25, 0.3) is 0 Å². The summed E-state index contributed by atoms with van der Waals surface area (Å²) in [5.41, 5.74) is 0.554. The van der Waals surface area contributed by atoms with Gasteiger partial charge in [0.2, 0.25) is 0 Å². The Hall–Kier alpha value is -0.740. The summed E-state index contributed by atoms with van der Waals surface area (Å²) in [4.78, 5) is 11.3. The molecule has 0 saturated heterocycles. The number of alkyl halides is 1. The minimum absolute atomic E-state index is 0.217. The van der Waals surface area contributed by atoms with Crippen LogP contribution in [0, 0.1) is 5.82 Å². The number of fused-ring (bicyclic) bond motifs is 1. The van der Waals surface area contributed by atoms with Crippen molar-refractivity contribution >= 4 is 43.6 Å². The predicted molar refractivity (Wildman–Crippen MR) is 59.8 cm³/mol. The second kappa shape index (κ2) is 3.79. The third kappa shape index (κ3) is 1.38. The maximum Gasteiger partial charge on any atom is 0.151 e. The summed E-state index contributed by atoms with van der Waals surface area (Å²) in [6.45, 7) is 0. The van der Waals surface area contributed by atoms with E-state index < -0.39 is 0 Å². The van der Waals surface area contributed by atoms with Crippen LogP contribution in [-0.2, 0) is 5.33 Å². The SMILES string of the molecule is O=Cc1cccc2c(F)c(CBr)sc12. The van der Waals surface area contributed by atoms with Crippen molar-refractivity contribution in [2.75, 3.05) is 0 Å². The van der Waals surface area contributed by atoms with Gasteiger partial charge in [-0.3, -0.25) is 4.79 Å². The first-order chi connectivity index (χ1) is 6.77. The number of carbonyl (C=O) groups excluding carboxylic acids is 1. The molecule has 0 aliphatic heterocycles. The van der Waals surface area contributed by atoms with Crippen LogP contribution in [0.25, 0.3) is 10.1 Å². The van der Waals surface area contributed by atoms with E-state index in [0.29, 0.717) is 21.2 Å². The van der Waals surface area contributed by atoms with Crippen LogP contribution in [0.15, 0.2) is 18.2 Å². The summed E-state index contributed by atoms with van der Waals surface area (Å²) in [5.74, 6) is -0.217. The van der Waals surface area contributed by atoms with E-state index in [1.54, 1.807) is 18.2 Å². The number of rotatable bonds is 2. The lowest BCUT2D eigenvalue weighted by Gasteiger charge is -1.91. The second-order valence-electron chi connectivity index (χ2n) is 2.81. The summed E-state index contributed by atoms with van der Waals surface area (Å²) in [7, 11) is 0. The maximum atomic E-state index is 13.6. The van der Waals surface area contributed by atoms with Gasteiger partial charge in [-0.15, -0.1) is 11.3 Å². The highest BCUT2D eigenvalue weighted by atomic mass is 79.9. The van der Waals surface area contributed by atoms with Crippen LogP contribution in [0.5, 0.6) is 0 Å². The van der Waals surface area contributed by atoms with Crippen LogP contribution in [0.4, 0.5) is 4.39 Å². The Bertz CT molecular complexity index is 492. The molecule has 0 spiro atoms. The molecule has 4 heteroatoms. The number of aldehydes is 1. The van der Waals surface area contributed by atoms with Crippen molar-refractivity contribution in [1.29, 1.82) is 0 Å². The number of halogens is 2. The van der Waals surface area contributed by atoms with Crippen molar-refractivity contribution in [3.8, 4) is 0 Å². The first-order valence-corrected chi connectivity index (χ1v) is 5.92. The number of benzene rings is 1. The molecule has 0 fully saturated rings. The Morgan fingerprint density at radius 3 is 2.93 bits per heavy atom. The van der Waals surface area contributed by atoms with Gasteiger partial charge in [0.05, 0.1) is 4.88 Å². The van der Waals surface area contributed by atoms with Gasteiger partial charge in [0, 0.05) is 21.0 Å². The molecule has 0 aliphatic rings. The van der Waals surface area contributed by atoms with Gasteiger partial charge in [0.1, 0.15) is 5.82 Å². The molecule has 2 aromatic rings. The smallest absolute Gasteiger partial charge is 0.151 e. The van der Waals surface area contributed by atoms with Crippen LogP contribution >= 0.6 is 27.3 Å². The van der Waals surface area contributed by atoms with E-state index >= 15 is 0 Å². The summed E-state index contributed by atoms with van der Waals surface area (Å²) in [5, 5.41) is 1.02.